The van der Waals surface area contributed by atoms with Gasteiger partial charge in [0.1, 0.15) is 0 Å². The number of rotatable bonds is 2. The van der Waals surface area contributed by atoms with Gasteiger partial charge >= 0.3 is 0 Å². The molecule has 4 heteroatoms. The van der Waals surface area contributed by atoms with E-state index in [-0.39, 0.29) is 11.7 Å². The van der Waals surface area contributed by atoms with Crippen LogP contribution in [0.4, 0.5) is 0 Å². The first-order valence-electron chi connectivity index (χ1n) is 6.82. The fourth-order valence-electron chi connectivity index (χ4n) is 3.40. The van der Waals surface area contributed by atoms with Crippen LogP contribution in [0.15, 0.2) is 0 Å². The molecule has 2 atom stereocenters. The minimum atomic E-state index is -0.168. The van der Waals surface area contributed by atoms with Gasteiger partial charge in [-0.2, -0.15) is 0 Å². The Bertz CT molecular complexity index is 321. The Balaban J connectivity index is 1.72. The average Bonchev–Trinajstić information content (AvgIpc) is 3.06. The van der Waals surface area contributed by atoms with E-state index in [0.29, 0.717) is 17.9 Å². The molecule has 1 amide bonds. The molecule has 17 heavy (non-hydrogen) atoms. The standard InChI is InChI=1S/C13H22N2O2/c1-9(11-3-7-17-8-4-11)15-10(2)14-13(5-6-13)12(15)16/h9-11,14H,3-8H2,1-2H3. The number of hydrogen-bond acceptors (Lipinski definition) is 3. The normalized spacial score (nSPS) is 34.4. The van der Waals surface area contributed by atoms with Gasteiger partial charge in [0, 0.05) is 19.3 Å². The lowest BCUT2D eigenvalue weighted by Gasteiger charge is -2.36. The molecule has 3 aliphatic rings. The second-order valence-electron chi connectivity index (χ2n) is 5.81. The Morgan fingerprint density at radius 2 is 2.06 bits per heavy atom. The van der Waals surface area contributed by atoms with E-state index in [1.165, 1.54) is 0 Å². The molecule has 3 rings (SSSR count). The number of ether oxygens (including phenoxy) is 1. The number of carbonyl (C=O) groups excluding carboxylic acids is 1. The van der Waals surface area contributed by atoms with Crippen molar-refractivity contribution in [2.75, 3.05) is 13.2 Å². The minimum absolute atomic E-state index is 0.168. The molecule has 0 aromatic heterocycles. The number of amides is 1. The molecule has 2 unspecified atom stereocenters. The van der Waals surface area contributed by atoms with Crippen LogP contribution in [0.2, 0.25) is 0 Å². The van der Waals surface area contributed by atoms with Crippen molar-refractivity contribution in [3.8, 4) is 0 Å². The van der Waals surface area contributed by atoms with Crippen LogP contribution in [0.25, 0.3) is 0 Å². The van der Waals surface area contributed by atoms with Crippen molar-refractivity contribution in [1.82, 2.24) is 10.2 Å². The SMILES string of the molecule is CC1NC2(CC2)C(=O)N1C(C)C1CCOCC1. The van der Waals surface area contributed by atoms with E-state index in [0.717, 1.165) is 38.9 Å². The zero-order chi connectivity index (χ0) is 12.0. The summed E-state index contributed by atoms with van der Waals surface area (Å²) in [5.74, 6) is 0.940. The number of nitrogens with zero attached hydrogens (tertiary/aromatic N) is 1. The molecule has 2 saturated heterocycles. The van der Waals surface area contributed by atoms with Crippen LogP contribution >= 0.6 is 0 Å². The van der Waals surface area contributed by atoms with Crippen LogP contribution in [0, 0.1) is 5.92 Å². The van der Waals surface area contributed by atoms with Gasteiger partial charge in [-0.1, -0.05) is 0 Å². The Hall–Kier alpha value is -0.610. The van der Waals surface area contributed by atoms with Gasteiger partial charge in [-0.15, -0.1) is 0 Å². The van der Waals surface area contributed by atoms with Gasteiger partial charge in [-0.05, 0) is 45.4 Å². The van der Waals surface area contributed by atoms with Crippen LogP contribution in [0.3, 0.4) is 0 Å². The van der Waals surface area contributed by atoms with Crippen LogP contribution in [-0.2, 0) is 9.53 Å². The summed E-state index contributed by atoms with van der Waals surface area (Å²) in [6.45, 7) is 6.02. The Morgan fingerprint density at radius 3 is 2.59 bits per heavy atom. The zero-order valence-corrected chi connectivity index (χ0v) is 10.7. The zero-order valence-electron chi connectivity index (χ0n) is 10.7. The van der Waals surface area contributed by atoms with Crippen molar-refractivity contribution < 1.29 is 9.53 Å². The number of carbonyl (C=O) groups is 1. The van der Waals surface area contributed by atoms with Gasteiger partial charge < -0.3 is 9.64 Å². The second-order valence-corrected chi connectivity index (χ2v) is 5.81. The summed E-state index contributed by atoms with van der Waals surface area (Å²) in [6, 6.07) is 0.342. The van der Waals surface area contributed by atoms with E-state index in [4.69, 9.17) is 4.74 Å². The van der Waals surface area contributed by atoms with Gasteiger partial charge in [0.05, 0.1) is 11.7 Å². The maximum absolute atomic E-state index is 12.4. The molecule has 96 valence electrons. The van der Waals surface area contributed by atoms with Crippen LogP contribution < -0.4 is 5.32 Å². The quantitative estimate of drug-likeness (QED) is 0.783. The van der Waals surface area contributed by atoms with E-state index < -0.39 is 0 Å². The van der Waals surface area contributed by atoms with E-state index in [1.54, 1.807) is 0 Å². The van der Waals surface area contributed by atoms with Crippen molar-refractivity contribution in [1.29, 1.82) is 0 Å². The molecule has 1 aliphatic carbocycles. The lowest BCUT2D eigenvalue weighted by Crippen LogP contribution is -2.46. The fraction of sp³-hybridized carbons (Fsp3) is 0.923. The first-order chi connectivity index (χ1) is 8.14. The van der Waals surface area contributed by atoms with Crippen LogP contribution in [0.5, 0.6) is 0 Å². The maximum atomic E-state index is 12.4. The third-order valence-corrected chi connectivity index (χ3v) is 4.68. The molecule has 1 spiro atoms. The molecule has 4 nitrogen and oxygen atoms in total. The van der Waals surface area contributed by atoms with Crippen molar-refractivity contribution >= 4 is 5.91 Å². The lowest BCUT2D eigenvalue weighted by atomic mass is 9.91. The molecule has 1 N–H and O–H groups in total. The molecular formula is C13H22N2O2. The van der Waals surface area contributed by atoms with E-state index >= 15 is 0 Å². The summed E-state index contributed by atoms with van der Waals surface area (Å²) < 4.78 is 5.40. The van der Waals surface area contributed by atoms with Gasteiger partial charge in [-0.25, -0.2) is 0 Å². The van der Waals surface area contributed by atoms with Crippen LogP contribution in [-0.4, -0.2) is 41.8 Å². The predicted molar refractivity (Wildman–Crippen MR) is 64.4 cm³/mol. The fourth-order valence-corrected chi connectivity index (χ4v) is 3.40. The van der Waals surface area contributed by atoms with Gasteiger partial charge in [-0.3, -0.25) is 10.1 Å². The summed E-state index contributed by atoms with van der Waals surface area (Å²) in [6.07, 6.45) is 4.42. The van der Waals surface area contributed by atoms with Gasteiger partial charge in [0.2, 0.25) is 5.91 Å². The predicted octanol–water partition coefficient (Wildman–Crippen LogP) is 1.11. The molecule has 0 aromatic carbocycles. The topological polar surface area (TPSA) is 41.6 Å². The summed E-state index contributed by atoms with van der Waals surface area (Å²) >= 11 is 0. The molecule has 2 aliphatic heterocycles. The van der Waals surface area contributed by atoms with Crippen molar-refractivity contribution in [2.45, 2.75) is 57.3 Å². The van der Waals surface area contributed by atoms with E-state index in [1.807, 2.05) is 0 Å². The average molecular weight is 238 g/mol. The first kappa shape index (κ1) is 11.5. The molecular weight excluding hydrogens is 216 g/mol. The Kier molecular flexibility index (Phi) is 2.67. The lowest BCUT2D eigenvalue weighted by molar-refractivity contribution is -0.134. The highest BCUT2D eigenvalue weighted by Crippen LogP contribution is 2.43. The van der Waals surface area contributed by atoms with Gasteiger partial charge in [0.25, 0.3) is 0 Å². The van der Waals surface area contributed by atoms with Crippen molar-refractivity contribution in [3.05, 3.63) is 0 Å². The minimum Gasteiger partial charge on any atom is -0.381 e. The second kappa shape index (κ2) is 3.95. The highest BCUT2D eigenvalue weighted by atomic mass is 16.5. The van der Waals surface area contributed by atoms with Gasteiger partial charge in [0.15, 0.2) is 0 Å². The number of nitrogens with one attached hydrogen (secondary N) is 1. The molecule has 0 aromatic rings. The summed E-state index contributed by atoms with van der Waals surface area (Å²) in [5.41, 5.74) is -0.168. The maximum Gasteiger partial charge on any atom is 0.244 e. The summed E-state index contributed by atoms with van der Waals surface area (Å²) in [4.78, 5) is 14.5. The third kappa shape index (κ3) is 1.78. The monoisotopic (exact) mass is 238 g/mol. The highest BCUT2D eigenvalue weighted by Gasteiger charge is 2.59. The first-order valence-corrected chi connectivity index (χ1v) is 6.82. The summed E-state index contributed by atoms with van der Waals surface area (Å²) in [7, 11) is 0. The molecule has 1 saturated carbocycles. The largest absolute Gasteiger partial charge is 0.381 e. The van der Waals surface area contributed by atoms with Crippen molar-refractivity contribution in [3.63, 3.8) is 0 Å². The molecule has 2 heterocycles. The molecule has 0 radical (unpaired) electrons. The Morgan fingerprint density at radius 1 is 1.41 bits per heavy atom. The smallest absolute Gasteiger partial charge is 0.244 e. The molecule has 0 bridgehead atoms. The third-order valence-electron chi connectivity index (χ3n) is 4.68. The van der Waals surface area contributed by atoms with E-state index in [9.17, 15) is 4.79 Å². The highest BCUT2D eigenvalue weighted by molar-refractivity contribution is 5.92. The summed E-state index contributed by atoms with van der Waals surface area (Å²) in [5, 5.41) is 3.47. The van der Waals surface area contributed by atoms with Crippen LogP contribution in [0.1, 0.15) is 39.5 Å². The molecule has 3 fully saturated rings. The van der Waals surface area contributed by atoms with Crippen molar-refractivity contribution in [2.24, 2.45) is 5.92 Å². The Labute approximate surface area is 103 Å². The number of hydrogen-bond donors (Lipinski definition) is 1. The van der Waals surface area contributed by atoms with E-state index in [2.05, 4.69) is 24.1 Å².